The van der Waals surface area contributed by atoms with Crippen LogP contribution < -0.4 is 5.32 Å². The number of nitrogens with one attached hydrogen (secondary N) is 1. The molecule has 1 heterocycles. The molecule has 4 aliphatic carbocycles. The number of amides is 1. The number of nitrogens with zero attached hydrogens (tertiary/aromatic N) is 1. The Bertz CT molecular complexity index is 932. The van der Waals surface area contributed by atoms with E-state index in [1.807, 2.05) is 11.4 Å². The molecule has 0 spiro atoms. The van der Waals surface area contributed by atoms with Gasteiger partial charge in [-0.2, -0.15) is 0 Å². The van der Waals surface area contributed by atoms with Crippen molar-refractivity contribution in [2.75, 3.05) is 5.32 Å². The van der Waals surface area contributed by atoms with E-state index in [0.717, 1.165) is 29.5 Å². The van der Waals surface area contributed by atoms with Gasteiger partial charge in [-0.3, -0.25) is 4.79 Å². The summed E-state index contributed by atoms with van der Waals surface area (Å²) in [4.78, 5) is 17.4. The summed E-state index contributed by atoms with van der Waals surface area (Å²) in [6.07, 6.45) is 8.07. The average Bonchev–Trinajstić information content (AvgIpc) is 3.02. The topological polar surface area (TPSA) is 42.0 Å². The molecule has 3 nitrogen and oxygen atoms in total. The number of rotatable bonds is 4. The highest BCUT2D eigenvalue weighted by Crippen LogP contribution is 2.65. The summed E-state index contributed by atoms with van der Waals surface area (Å²) in [7, 11) is 0. The zero-order valence-electron chi connectivity index (χ0n) is 15.3. The van der Waals surface area contributed by atoms with Crippen molar-refractivity contribution >= 4 is 61.5 Å². The maximum atomic E-state index is 12.8. The Hall–Kier alpha value is -0.620. The second-order valence-electron chi connectivity index (χ2n) is 9.00. The lowest BCUT2D eigenvalue weighted by Gasteiger charge is -2.60. The first-order valence-electron chi connectivity index (χ1n) is 9.71. The molecule has 6 rings (SSSR count). The average molecular weight is 500 g/mol. The number of hydrogen-bond donors (Lipinski definition) is 1. The van der Waals surface area contributed by atoms with Crippen molar-refractivity contribution < 1.29 is 4.79 Å². The third-order valence-electron chi connectivity index (χ3n) is 6.61. The van der Waals surface area contributed by atoms with E-state index in [1.165, 1.54) is 43.4 Å². The van der Waals surface area contributed by atoms with Gasteiger partial charge in [-0.05, 0) is 67.9 Å². The molecule has 2 aromatic rings. The van der Waals surface area contributed by atoms with Crippen molar-refractivity contribution in [1.82, 2.24) is 4.98 Å². The Kier molecular flexibility index (Phi) is 4.82. The van der Waals surface area contributed by atoms with Gasteiger partial charge in [-0.1, -0.05) is 45.2 Å². The van der Waals surface area contributed by atoms with Crippen molar-refractivity contribution in [2.45, 2.75) is 49.3 Å². The summed E-state index contributed by atoms with van der Waals surface area (Å²) >= 11 is 17.6. The lowest BCUT2D eigenvalue weighted by Crippen LogP contribution is -2.53. The van der Waals surface area contributed by atoms with E-state index in [0.29, 0.717) is 21.6 Å². The number of thiazole rings is 1. The molecule has 0 aliphatic heterocycles. The summed E-state index contributed by atoms with van der Waals surface area (Å²) in [6.45, 7) is 0. The van der Waals surface area contributed by atoms with Crippen LogP contribution in [0, 0.1) is 17.3 Å². The molecule has 1 amide bonds. The van der Waals surface area contributed by atoms with Gasteiger partial charge in [0, 0.05) is 21.7 Å². The molecule has 7 heteroatoms. The van der Waals surface area contributed by atoms with Crippen LogP contribution in [0.4, 0.5) is 5.13 Å². The predicted molar refractivity (Wildman–Crippen MR) is 120 cm³/mol. The Morgan fingerprint density at radius 1 is 1.21 bits per heavy atom. The molecule has 148 valence electrons. The molecule has 0 radical (unpaired) electrons. The first-order chi connectivity index (χ1) is 13.3. The van der Waals surface area contributed by atoms with Crippen LogP contribution in [-0.4, -0.2) is 15.2 Å². The van der Waals surface area contributed by atoms with Crippen LogP contribution in [0.25, 0.3) is 11.3 Å². The summed E-state index contributed by atoms with van der Waals surface area (Å²) in [5.74, 6) is 1.66. The number of aromatic nitrogens is 1. The largest absolute Gasteiger partial charge is 0.302 e. The molecule has 4 bridgehead atoms. The molecular weight excluding hydrogens is 479 g/mol. The van der Waals surface area contributed by atoms with Gasteiger partial charge in [-0.15, -0.1) is 11.3 Å². The van der Waals surface area contributed by atoms with Crippen molar-refractivity contribution in [3.05, 3.63) is 33.6 Å². The highest BCUT2D eigenvalue weighted by molar-refractivity contribution is 9.10. The molecule has 28 heavy (non-hydrogen) atoms. The van der Waals surface area contributed by atoms with E-state index in [-0.39, 0.29) is 15.6 Å². The van der Waals surface area contributed by atoms with Crippen LogP contribution in [0.5, 0.6) is 0 Å². The molecule has 4 saturated carbocycles. The number of alkyl halides is 1. The minimum atomic E-state index is 0.0908. The zero-order valence-corrected chi connectivity index (χ0v) is 19.2. The van der Waals surface area contributed by atoms with Crippen LogP contribution in [0.3, 0.4) is 0 Å². The second kappa shape index (κ2) is 6.97. The number of halogens is 3. The summed E-state index contributed by atoms with van der Waals surface area (Å²) in [6, 6.07) is 5.45. The molecular formula is C21H21BrCl2N2OS. The fourth-order valence-electron chi connectivity index (χ4n) is 6.17. The van der Waals surface area contributed by atoms with Gasteiger partial charge < -0.3 is 5.32 Å². The standard InChI is InChI=1S/C21H21BrCl2N2OS/c22-21-7-12-3-13(8-21)6-20(5-12,11-21)9-18(27)26-19-25-17(10-28-19)14-1-2-15(23)16(24)4-14/h1-2,4,10,12-13H,3,5-9,11H2,(H,25,26,27). The van der Waals surface area contributed by atoms with E-state index in [4.69, 9.17) is 23.2 Å². The SMILES string of the molecule is O=C(CC12CC3CC(CC(Br)(C3)C1)C2)Nc1nc(-c2ccc(Cl)c(Cl)c2)cs1. The first kappa shape index (κ1) is 19.3. The molecule has 1 N–H and O–H groups in total. The van der Waals surface area contributed by atoms with E-state index < -0.39 is 0 Å². The highest BCUT2D eigenvalue weighted by Gasteiger charge is 2.57. The normalized spacial score (nSPS) is 33.2. The van der Waals surface area contributed by atoms with E-state index >= 15 is 0 Å². The van der Waals surface area contributed by atoms with Gasteiger partial charge in [0.15, 0.2) is 5.13 Å². The first-order valence-corrected chi connectivity index (χ1v) is 12.1. The molecule has 0 saturated heterocycles. The van der Waals surface area contributed by atoms with Gasteiger partial charge in [0.2, 0.25) is 5.91 Å². The number of anilines is 1. The van der Waals surface area contributed by atoms with Crippen LogP contribution >= 0.6 is 50.5 Å². The van der Waals surface area contributed by atoms with Crippen molar-refractivity contribution in [3.8, 4) is 11.3 Å². The van der Waals surface area contributed by atoms with Crippen LogP contribution in [-0.2, 0) is 4.79 Å². The van der Waals surface area contributed by atoms with Crippen molar-refractivity contribution in [1.29, 1.82) is 0 Å². The fourth-order valence-corrected chi connectivity index (χ4v) is 8.71. The van der Waals surface area contributed by atoms with Gasteiger partial charge in [0.25, 0.3) is 0 Å². The van der Waals surface area contributed by atoms with Crippen LogP contribution in [0.15, 0.2) is 23.6 Å². The van der Waals surface area contributed by atoms with Crippen LogP contribution in [0.1, 0.15) is 44.9 Å². The smallest absolute Gasteiger partial charge is 0.226 e. The molecule has 4 aliphatic rings. The van der Waals surface area contributed by atoms with Crippen LogP contribution in [0.2, 0.25) is 10.0 Å². The lowest BCUT2D eigenvalue weighted by molar-refractivity contribution is -0.123. The predicted octanol–water partition coefficient (Wildman–Crippen LogP) is 7.18. The molecule has 2 unspecified atom stereocenters. The van der Waals surface area contributed by atoms with Crippen molar-refractivity contribution in [3.63, 3.8) is 0 Å². The third kappa shape index (κ3) is 3.64. The highest BCUT2D eigenvalue weighted by atomic mass is 79.9. The zero-order chi connectivity index (χ0) is 19.5. The second-order valence-corrected chi connectivity index (χ2v) is 12.4. The summed E-state index contributed by atoms with van der Waals surface area (Å²) in [5, 5.41) is 6.65. The molecule has 4 fully saturated rings. The van der Waals surface area contributed by atoms with E-state index in [2.05, 4.69) is 26.2 Å². The molecule has 1 aromatic heterocycles. The summed E-state index contributed by atoms with van der Waals surface area (Å²) in [5.41, 5.74) is 1.86. The maximum absolute atomic E-state index is 12.8. The monoisotopic (exact) mass is 498 g/mol. The quantitative estimate of drug-likeness (QED) is 0.452. The minimum absolute atomic E-state index is 0.0908. The Morgan fingerprint density at radius 3 is 2.64 bits per heavy atom. The Balaban J connectivity index is 1.28. The Morgan fingerprint density at radius 2 is 1.96 bits per heavy atom. The Labute approximate surface area is 187 Å². The lowest BCUT2D eigenvalue weighted by atomic mass is 9.48. The van der Waals surface area contributed by atoms with E-state index in [1.54, 1.807) is 12.1 Å². The van der Waals surface area contributed by atoms with E-state index in [9.17, 15) is 4.79 Å². The summed E-state index contributed by atoms with van der Waals surface area (Å²) < 4.78 is 0.277. The number of benzene rings is 1. The van der Waals surface area contributed by atoms with Gasteiger partial charge in [0.1, 0.15) is 0 Å². The van der Waals surface area contributed by atoms with Gasteiger partial charge in [0.05, 0.1) is 15.7 Å². The number of hydrogen-bond acceptors (Lipinski definition) is 3. The third-order valence-corrected chi connectivity index (χ3v) is 9.04. The number of carbonyl (C=O) groups is 1. The van der Waals surface area contributed by atoms with Gasteiger partial charge >= 0.3 is 0 Å². The maximum Gasteiger partial charge on any atom is 0.226 e. The van der Waals surface area contributed by atoms with Crippen molar-refractivity contribution in [2.24, 2.45) is 17.3 Å². The fraction of sp³-hybridized carbons (Fsp3) is 0.524. The molecule has 1 aromatic carbocycles. The van der Waals surface area contributed by atoms with Gasteiger partial charge in [-0.25, -0.2) is 4.98 Å². The number of carbonyl (C=O) groups excluding carboxylic acids is 1. The minimum Gasteiger partial charge on any atom is -0.302 e. The molecule has 2 atom stereocenters.